The Labute approximate surface area is 125 Å². The van der Waals surface area contributed by atoms with Gasteiger partial charge in [-0.25, -0.2) is 4.98 Å². The van der Waals surface area contributed by atoms with Crippen molar-refractivity contribution in [3.63, 3.8) is 0 Å². The van der Waals surface area contributed by atoms with Crippen molar-refractivity contribution < 1.29 is 13.9 Å². The molecule has 1 aliphatic heterocycles. The van der Waals surface area contributed by atoms with Crippen LogP contribution in [0.1, 0.15) is 32.1 Å². The molecule has 1 aromatic heterocycles. The second-order valence-electron chi connectivity index (χ2n) is 5.78. The molecule has 2 heterocycles. The molecule has 0 aliphatic carbocycles. The van der Waals surface area contributed by atoms with Gasteiger partial charge >= 0.3 is 0 Å². The summed E-state index contributed by atoms with van der Waals surface area (Å²) >= 11 is 0. The first kappa shape index (κ1) is 14.1. The number of hydrogen-bond acceptors (Lipinski definition) is 4. The van der Waals surface area contributed by atoms with Crippen molar-refractivity contribution in [2.75, 3.05) is 19.8 Å². The Morgan fingerprint density at radius 3 is 2.71 bits per heavy atom. The lowest BCUT2D eigenvalue weighted by molar-refractivity contribution is 0.167. The summed E-state index contributed by atoms with van der Waals surface area (Å²) in [6.45, 7) is 6.53. The highest BCUT2D eigenvalue weighted by Gasteiger charge is 2.16. The summed E-state index contributed by atoms with van der Waals surface area (Å²) in [5, 5.41) is 0. The van der Waals surface area contributed by atoms with E-state index in [0.29, 0.717) is 11.8 Å². The second-order valence-corrected chi connectivity index (χ2v) is 5.78. The third-order valence-electron chi connectivity index (χ3n) is 3.67. The fraction of sp³-hybridized carbons (Fsp3) is 0.471. The van der Waals surface area contributed by atoms with Gasteiger partial charge in [-0.3, -0.25) is 0 Å². The fourth-order valence-electron chi connectivity index (χ4n) is 2.33. The van der Waals surface area contributed by atoms with Crippen LogP contribution >= 0.6 is 0 Å². The summed E-state index contributed by atoms with van der Waals surface area (Å²) in [7, 11) is 0. The molecule has 1 aliphatic rings. The molecule has 1 atom stereocenters. The largest absolute Gasteiger partial charge is 0.493 e. The van der Waals surface area contributed by atoms with Crippen molar-refractivity contribution in [1.29, 1.82) is 0 Å². The predicted octanol–water partition coefficient (Wildman–Crippen LogP) is 3.88. The minimum Gasteiger partial charge on any atom is -0.493 e. The summed E-state index contributed by atoms with van der Waals surface area (Å²) < 4.78 is 16.9. The molecule has 0 radical (unpaired) electrons. The van der Waals surface area contributed by atoms with Crippen molar-refractivity contribution in [2.45, 2.75) is 26.2 Å². The maximum Gasteiger partial charge on any atom is 0.197 e. The molecule has 3 rings (SSSR count). The number of ether oxygens (including phenoxy) is 2. The van der Waals surface area contributed by atoms with Gasteiger partial charge in [0.1, 0.15) is 5.75 Å². The molecule has 0 saturated carbocycles. The van der Waals surface area contributed by atoms with E-state index in [-0.39, 0.29) is 0 Å². The molecular formula is C17H21NO3. The quantitative estimate of drug-likeness (QED) is 0.837. The topological polar surface area (TPSA) is 44.5 Å². The Balaban J connectivity index is 1.62. The Hall–Kier alpha value is -1.81. The first-order valence-electron chi connectivity index (χ1n) is 7.49. The number of nitrogens with zero attached hydrogens (tertiary/aromatic N) is 1. The second kappa shape index (κ2) is 6.31. The van der Waals surface area contributed by atoms with Crippen LogP contribution < -0.4 is 4.74 Å². The zero-order valence-electron chi connectivity index (χ0n) is 12.5. The van der Waals surface area contributed by atoms with E-state index in [0.717, 1.165) is 49.2 Å². The van der Waals surface area contributed by atoms with Gasteiger partial charge in [0, 0.05) is 24.0 Å². The van der Waals surface area contributed by atoms with Crippen LogP contribution in [0.3, 0.4) is 0 Å². The van der Waals surface area contributed by atoms with Crippen molar-refractivity contribution in [3.8, 4) is 17.1 Å². The van der Waals surface area contributed by atoms with Crippen LogP contribution in [0, 0.1) is 5.92 Å². The highest BCUT2D eigenvalue weighted by molar-refractivity contribution is 5.57. The number of oxazole rings is 1. The summed E-state index contributed by atoms with van der Waals surface area (Å²) in [4.78, 5) is 4.29. The van der Waals surface area contributed by atoms with Crippen molar-refractivity contribution in [3.05, 3.63) is 36.4 Å². The van der Waals surface area contributed by atoms with Gasteiger partial charge in [-0.2, -0.15) is 0 Å². The van der Waals surface area contributed by atoms with Crippen LogP contribution in [0.25, 0.3) is 11.3 Å². The SMILES string of the molecule is CC(C)c1ncc(-c2ccc(OCC3CCOC3)cc2)o1. The van der Waals surface area contributed by atoms with E-state index in [1.165, 1.54) is 0 Å². The highest BCUT2D eigenvalue weighted by atomic mass is 16.5. The number of benzene rings is 1. The van der Waals surface area contributed by atoms with E-state index in [2.05, 4.69) is 18.8 Å². The van der Waals surface area contributed by atoms with Gasteiger partial charge in [0.05, 0.1) is 19.4 Å². The molecule has 4 heteroatoms. The minimum absolute atomic E-state index is 0.301. The number of rotatable bonds is 5. The molecule has 0 spiro atoms. The van der Waals surface area contributed by atoms with Gasteiger partial charge in [-0.1, -0.05) is 13.8 Å². The lowest BCUT2D eigenvalue weighted by Gasteiger charge is -2.10. The fourth-order valence-corrected chi connectivity index (χ4v) is 2.33. The van der Waals surface area contributed by atoms with Gasteiger partial charge in [0.15, 0.2) is 11.7 Å². The minimum atomic E-state index is 0.301. The summed E-state index contributed by atoms with van der Waals surface area (Å²) in [5.41, 5.74) is 1.02. The van der Waals surface area contributed by atoms with Gasteiger partial charge in [0.25, 0.3) is 0 Å². The smallest absolute Gasteiger partial charge is 0.197 e. The first-order chi connectivity index (χ1) is 10.2. The van der Waals surface area contributed by atoms with Crippen molar-refractivity contribution >= 4 is 0 Å². The zero-order chi connectivity index (χ0) is 14.7. The Bertz CT molecular complexity index is 568. The van der Waals surface area contributed by atoms with Gasteiger partial charge in [-0.05, 0) is 30.7 Å². The molecular weight excluding hydrogens is 266 g/mol. The van der Waals surface area contributed by atoms with Crippen LogP contribution in [0.15, 0.2) is 34.9 Å². The predicted molar refractivity (Wildman–Crippen MR) is 80.4 cm³/mol. The molecule has 1 unspecified atom stereocenters. The molecule has 1 saturated heterocycles. The molecule has 0 amide bonds. The maximum absolute atomic E-state index is 5.80. The molecule has 2 aromatic rings. The third kappa shape index (κ3) is 3.45. The molecule has 0 bridgehead atoms. The maximum atomic E-state index is 5.80. The average Bonchev–Trinajstić information content (AvgIpc) is 3.17. The van der Waals surface area contributed by atoms with Crippen LogP contribution in [-0.4, -0.2) is 24.8 Å². The molecule has 1 fully saturated rings. The number of aromatic nitrogens is 1. The van der Waals surface area contributed by atoms with Gasteiger partial charge in [-0.15, -0.1) is 0 Å². The van der Waals surface area contributed by atoms with Crippen LogP contribution in [0.5, 0.6) is 5.75 Å². The van der Waals surface area contributed by atoms with Gasteiger partial charge < -0.3 is 13.9 Å². The lowest BCUT2D eigenvalue weighted by atomic mass is 10.1. The van der Waals surface area contributed by atoms with E-state index >= 15 is 0 Å². The third-order valence-corrected chi connectivity index (χ3v) is 3.67. The Kier molecular flexibility index (Phi) is 4.25. The van der Waals surface area contributed by atoms with Crippen LogP contribution in [-0.2, 0) is 4.74 Å². The van der Waals surface area contributed by atoms with Crippen molar-refractivity contribution in [1.82, 2.24) is 4.98 Å². The molecule has 21 heavy (non-hydrogen) atoms. The van der Waals surface area contributed by atoms with Crippen molar-refractivity contribution in [2.24, 2.45) is 5.92 Å². The van der Waals surface area contributed by atoms with E-state index < -0.39 is 0 Å². The lowest BCUT2D eigenvalue weighted by Crippen LogP contribution is -2.11. The standard InChI is InChI=1S/C17H21NO3/c1-12(2)17-18-9-16(21-17)14-3-5-15(6-4-14)20-11-13-7-8-19-10-13/h3-6,9,12-13H,7-8,10-11H2,1-2H3. The Morgan fingerprint density at radius 1 is 1.29 bits per heavy atom. The summed E-state index contributed by atoms with van der Waals surface area (Å²) in [6, 6.07) is 7.96. The summed E-state index contributed by atoms with van der Waals surface area (Å²) in [5.74, 6) is 3.28. The van der Waals surface area contributed by atoms with Crippen LogP contribution in [0.2, 0.25) is 0 Å². The number of hydrogen-bond donors (Lipinski definition) is 0. The van der Waals surface area contributed by atoms with E-state index in [1.54, 1.807) is 6.20 Å². The Morgan fingerprint density at radius 2 is 2.10 bits per heavy atom. The van der Waals surface area contributed by atoms with E-state index in [9.17, 15) is 0 Å². The first-order valence-corrected chi connectivity index (χ1v) is 7.49. The van der Waals surface area contributed by atoms with Gasteiger partial charge in [0.2, 0.25) is 0 Å². The monoisotopic (exact) mass is 287 g/mol. The normalized spacial score (nSPS) is 18.3. The molecule has 1 aromatic carbocycles. The highest BCUT2D eigenvalue weighted by Crippen LogP contribution is 2.26. The summed E-state index contributed by atoms with van der Waals surface area (Å²) in [6.07, 6.45) is 2.87. The van der Waals surface area contributed by atoms with E-state index in [1.807, 2.05) is 24.3 Å². The molecule has 0 N–H and O–H groups in total. The zero-order valence-corrected chi connectivity index (χ0v) is 12.5. The molecule has 112 valence electrons. The van der Waals surface area contributed by atoms with Crippen LogP contribution in [0.4, 0.5) is 0 Å². The average molecular weight is 287 g/mol. The van der Waals surface area contributed by atoms with E-state index in [4.69, 9.17) is 13.9 Å². The molecule has 4 nitrogen and oxygen atoms in total.